The maximum absolute atomic E-state index is 6.43. The van der Waals surface area contributed by atoms with E-state index in [1.54, 1.807) is 0 Å². The number of benzene rings is 2. The summed E-state index contributed by atoms with van der Waals surface area (Å²) in [5, 5.41) is 0. The molecule has 0 bridgehead atoms. The number of aromatic nitrogens is 4. The Bertz CT molecular complexity index is 1320. The Labute approximate surface area is 156 Å². The fraction of sp³-hybridized carbons (Fsp3) is 0.182. The van der Waals surface area contributed by atoms with E-state index in [1.807, 2.05) is 0 Å². The van der Waals surface area contributed by atoms with Crippen molar-refractivity contribution in [3.05, 3.63) is 77.4 Å². The molecule has 0 saturated heterocycles. The van der Waals surface area contributed by atoms with Gasteiger partial charge in [-0.1, -0.05) is 16.8 Å². The predicted molar refractivity (Wildman–Crippen MR) is 98.1 cm³/mol. The number of hydrogen-bond donors (Lipinski definition) is 0. The lowest BCUT2D eigenvalue weighted by atomic mass is 9.87. The van der Waals surface area contributed by atoms with Gasteiger partial charge >= 0.3 is 5.66 Å². The molecule has 0 fully saturated rings. The van der Waals surface area contributed by atoms with E-state index in [0.717, 1.165) is 11.5 Å². The monoisotopic (exact) mass is 354 g/mol. The van der Waals surface area contributed by atoms with Gasteiger partial charge in [0, 0.05) is 13.0 Å². The minimum Gasteiger partial charge on any atom is -0.456 e. The van der Waals surface area contributed by atoms with Crippen LogP contribution in [-0.4, -0.2) is 9.25 Å². The minimum atomic E-state index is -0.439. The average molecular weight is 354 g/mol. The molecule has 1 atom stereocenters. The van der Waals surface area contributed by atoms with E-state index in [9.17, 15) is 0 Å². The summed E-state index contributed by atoms with van der Waals surface area (Å²) in [5.41, 5.74) is 6.93. The van der Waals surface area contributed by atoms with Crippen molar-refractivity contribution in [2.45, 2.75) is 19.5 Å². The first-order chi connectivity index (χ1) is 13.1. The summed E-state index contributed by atoms with van der Waals surface area (Å²) >= 11 is 0. The van der Waals surface area contributed by atoms with E-state index in [0.29, 0.717) is 0 Å². The van der Waals surface area contributed by atoms with Crippen molar-refractivity contribution in [2.75, 3.05) is 0 Å². The van der Waals surface area contributed by atoms with Crippen LogP contribution in [0.1, 0.15) is 22.5 Å². The topological polar surface area (TPSA) is 26.8 Å². The Morgan fingerprint density at radius 3 is 2.63 bits per heavy atom. The van der Waals surface area contributed by atoms with Crippen molar-refractivity contribution < 1.29 is 14.0 Å². The van der Waals surface area contributed by atoms with Crippen molar-refractivity contribution in [1.82, 2.24) is 9.25 Å². The molecule has 3 aliphatic heterocycles. The molecule has 0 saturated carbocycles. The fourth-order valence-electron chi connectivity index (χ4n) is 5.59. The van der Waals surface area contributed by atoms with E-state index < -0.39 is 5.66 Å². The van der Waals surface area contributed by atoms with Gasteiger partial charge in [-0.15, -0.1) is 4.68 Å². The smallest absolute Gasteiger partial charge is 0.394 e. The van der Waals surface area contributed by atoms with Crippen molar-refractivity contribution in [1.29, 1.82) is 0 Å². The molecule has 1 spiro atoms. The summed E-state index contributed by atoms with van der Waals surface area (Å²) in [6, 6.07) is 15.1. The first-order valence-electron chi connectivity index (χ1n) is 9.29. The van der Waals surface area contributed by atoms with Gasteiger partial charge in [-0.25, -0.2) is 4.57 Å². The largest absolute Gasteiger partial charge is 0.456 e. The predicted octanol–water partition coefficient (Wildman–Crippen LogP) is 2.70. The Kier molecular flexibility index (Phi) is 2.04. The number of rotatable bonds is 0. The van der Waals surface area contributed by atoms with Crippen LogP contribution in [0.2, 0.25) is 0 Å². The zero-order valence-electron chi connectivity index (χ0n) is 15.4. The summed E-state index contributed by atoms with van der Waals surface area (Å²) in [5.74, 6) is 3.09. The van der Waals surface area contributed by atoms with Crippen LogP contribution in [-0.2, 0) is 12.7 Å². The van der Waals surface area contributed by atoms with Gasteiger partial charge in [0.15, 0.2) is 0 Å². The van der Waals surface area contributed by atoms with Gasteiger partial charge in [0.1, 0.15) is 40.7 Å². The van der Waals surface area contributed by atoms with Crippen LogP contribution in [0.5, 0.6) is 11.5 Å². The molecule has 5 nitrogen and oxygen atoms in total. The molecule has 0 N–H and O–H groups in total. The molecular weight excluding hydrogens is 336 g/mol. The van der Waals surface area contributed by atoms with E-state index in [-0.39, 0.29) is 0 Å². The molecule has 130 valence electrons. The molecule has 0 aliphatic carbocycles. The van der Waals surface area contributed by atoms with Crippen LogP contribution in [0, 0.1) is 13.8 Å². The normalized spacial score (nSPS) is 19.4. The number of fused-ring (bicyclic) bond motifs is 4. The highest BCUT2D eigenvalue weighted by atomic mass is 16.5. The lowest BCUT2D eigenvalue weighted by molar-refractivity contribution is -0.810. The van der Waals surface area contributed by atoms with E-state index in [4.69, 9.17) is 4.74 Å². The van der Waals surface area contributed by atoms with E-state index >= 15 is 0 Å². The summed E-state index contributed by atoms with van der Waals surface area (Å²) < 4.78 is 15.8. The maximum Gasteiger partial charge on any atom is 0.394 e. The van der Waals surface area contributed by atoms with Gasteiger partial charge in [0.05, 0.1) is 18.3 Å². The number of nitrogens with zero attached hydrogens (tertiary/aromatic N) is 4. The molecule has 2 aromatic carbocycles. The molecule has 3 aliphatic rings. The molecular formula is C22H18N4O+2. The zero-order chi connectivity index (χ0) is 18.1. The van der Waals surface area contributed by atoms with Crippen LogP contribution >= 0.6 is 0 Å². The van der Waals surface area contributed by atoms with Crippen LogP contribution in [0.25, 0.3) is 17.1 Å². The first-order valence-corrected chi connectivity index (χ1v) is 9.29. The number of aryl methyl sites for hydroxylation is 3. The molecule has 1 unspecified atom stereocenters. The average Bonchev–Trinajstić information content (AvgIpc) is 3.35. The third-order valence-electron chi connectivity index (χ3n) is 6.36. The number of ether oxygens (including phenoxy) is 1. The second-order valence-corrected chi connectivity index (χ2v) is 7.76. The third kappa shape index (κ3) is 1.20. The highest BCUT2D eigenvalue weighted by molar-refractivity contribution is 5.77. The maximum atomic E-state index is 6.43. The first kappa shape index (κ1) is 13.8. The highest BCUT2D eigenvalue weighted by Gasteiger charge is 2.70. The summed E-state index contributed by atoms with van der Waals surface area (Å²) in [6.45, 7) is 4.37. The summed E-state index contributed by atoms with van der Waals surface area (Å²) in [6.07, 6.45) is 4.35. The molecule has 2 aromatic heterocycles. The van der Waals surface area contributed by atoms with Crippen LogP contribution < -0.4 is 14.0 Å². The quantitative estimate of drug-likeness (QED) is 0.385. The molecule has 0 radical (unpaired) electrons. The van der Waals surface area contributed by atoms with Crippen LogP contribution in [0.4, 0.5) is 0 Å². The van der Waals surface area contributed by atoms with Gasteiger partial charge in [0.25, 0.3) is 5.82 Å². The molecule has 7 rings (SSSR count). The van der Waals surface area contributed by atoms with E-state index in [1.165, 1.54) is 39.6 Å². The van der Waals surface area contributed by atoms with Crippen molar-refractivity contribution in [2.24, 2.45) is 7.05 Å². The Morgan fingerprint density at radius 1 is 1.00 bits per heavy atom. The van der Waals surface area contributed by atoms with Crippen molar-refractivity contribution >= 4 is 0 Å². The zero-order valence-corrected chi connectivity index (χ0v) is 15.4. The van der Waals surface area contributed by atoms with E-state index in [2.05, 4.69) is 94.3 Å². The molecule has 0 amide bonds. The van der Waals surface area contributed by atoms with Crippen LogP contribution in [0.15, 0.2) is 54.9 Å². The van der Waals surface area contributed by atoms with Crippen molar-refractivity contribution in [3.63, 3.8) is 0 Å². The SMILES string of the molecule is Cc1cc(C)[n+]2n1-c1cccc3c1C21c2c(cccc2-c2n1cc[n+]2C)O3. The third-order valence-corrected chi connectivity index (χ3v) is 6.36. The Balaban J connectivity index is 1.82. The standard InChI is InChI=1S/C22H18N4O/c1-13-12-14(2)26-22-19-15(21-23(3)10-11-24(21)22)6-4-8-17(19)27-18-9-5-7-16(20(18)22)25(13)26/h4-12H,1-3H3/q+2. The molecule has 27 heavy (non-hydrogen) atoms. The van der Waals surface area contributed by atoms with Gasteiger partial charge in [-0.3, -0.25) is 0 Å². The minimum absolute atomic E-state index is 0.439. The molecule has 4 aromatic rings. The number of hydrogen-bond acceptors (Lipinski definition) is 1. The summed E-state index contributed by atoms with van der Waals surface area (Å²) in [4.78, 5) is 0. The second kappa shape index (κ2) is 3.98. The Morgan fingerprint density at radius 2 is 1.78 bits per heavy atom. The van der Waals surface area contributed by atoms with Crippen LogP contribution in [0.3, 0.4) is 0 Å². The lowest BCUT2D eigenvalue weighted by Crippen LogP contribution is -2.63. The lowest BCUT2D eigenvalue weighted by Gasteiger charge is -2.26. The molecule has 5 heteroatoms. The van der Waals surface area contributed by atoms with Crippen molar-refractivity contribution in [3.8, 4) is 28.6 Å². The number of imidazole rings is 1. The van der Waals surface area contributed by atoms with Gasteiger partial charge in [0.2, 0.25) is 5.69 Å². The van der Waals surface area contributed by atoms with Gasteiger partial charge in [-0.2, -0.15) is 4.57 Å². The van der Waals surface area contributed by atoms with Gasteiger partial charge in [-0.05, 0) is 31.2 Å². The molecule has 5 heterocycles. The van der Waals surface area contributed by atoms with Gasteiger partial charge < -0.3 is 4.74 Å². The summed E-state index contributed by atoms with van der Waals surface area (Å²) in [7, 11) is 2.11. The Hall–Kier alpha value is -3.34. The highest BCUT2D eigenvalue weighted by Crippen LogP contribution is 2.58. The second-order valence-electron chi connectivity index (χ2n) is 7.76. The fourth-order valence-corrected chi connectivity index (χ4v) is 5.59.